The number of amides is 1. The molecule has 0 bridgehead atoms. The third-order valence-corrected chi connectivity index (χ3v) is 5.35. The first kappa shape index (κ1) is 18.0. The average molecular weight is 334 g/mol. The third kappa shape index (κ3) is 5.09. The number of hydrogen-bond donors (Lipinski definition) is 2. The van der Waals surface area contributed by atoms with E-state index in [2.05, 4.69) is 30.6 Å². The molecule has 0 aromatic heterocycles. The van der Waals surface area contributed by atoms with E-state index in [-0.39, 0.29) is 17.4 Å². The van der Waals surface area contributed by atoms with Crippen molar-refractivity contribution in [3.8, 4) is 0 Å². The number of anilines is 1. The van der Waals surface area contributed by atoms with Gasteiger partial charge in [0, 0.05) is 29.8 Å². The molecule has 23 heavy (non-hydrogen) atoms. The lowest BCUT2D eigenvalue weighted by Crippen LogP contribution is -2.53. The molecule has 1 unspecified atom stereocenters. The number of nitrogens with zero attached hydrogens (tertiary/aromatic N) is 1. The maximum absolute atomic E-state index is 12.4. The van der Waals surface area contributed by atoms with Crippen molar-refractivity contribution in [3.05, 3.63) is 36.9 Å². The van der Waals surface area contributed by atoms with E-state index in [4.69, 9.17) is 5.73 Å². The summed E-state index contributed by atoms with van der Waals surface area (Å²) in [6.45, 7) is 10.2. The highest BCUT2D eigenvalue weighted by molar-refractivity contribution is 7.99. The topological polar surface area (TPSA) is 58.4 Å². The summed E-state index contributed by atoms with van der Waals surface area (Å²) >= 11 is 1.67. The van der Waals surface area contributed by atoms with E-state index in [1.165, 1.54) is 0 Å². The van der Waals surface area contributed by atoms with Gasteiger partial charge in [-0.3, -0.25) is 9.69 Å². The zero-order valence-electron chi connectivity index (χ0n) is 14.0. The lowest BCUT2D eigenvalue weighted by atomic mass is 9.80. The predicted molar refractivity (Wildman–Crippen MR) is 98.8 cm³/mol. The van der Waals surface area contributed by atoms with Gasteiger partial charge in [-0.1, -0.05) is 32.1 Å². The van der Waals surface area contributed by atoms with Crippen molar-refractivity contribution in [1.82, 2.24) is 4.90 Å². The van der Waals surface area contributed by atoms with Crippen molar-refractivity contribution < 1.29 is 4.79 Å². The van der Waals surface area contributed by atoms with Crippen LogP contribution in [0.3, 0.4) is 0 Å². The summed E-state index contributed by atoms with van der Waals surface area (Å²) in [5, 5.41) is 3.04. The molecule has 1 aromatic carbocycles. The number of nitrogens with one attached hydrogen (secondary N) is 1. The van der Waals surface area contributed by atoms with E-state index >= 15 is 0 Å². The third-order valence-electron chi connectivity index (χ3n) is 4.28. The molecule has 2 rings (SSSR count). The Morgan fingerprint density at radius 1 is 1.52 bits per heavy atom. The summed E-state index contributed by atoms with van der Waals surface area (Å²) in [6, 6.07) is 8.09. The minimum atomic E-state index is 0.0305. The second-order valence-electron chi connectivity index (χ2n) is 6.74. The fourth-order valence-electron chi connectivity index (χ4n) is 2.86. The van der Waals surface area contributed by atoms with E-state index in [1.54, 1.807) is 11.8 Å². The minimum Gasteiger partial charge on any atom is -0.327 e. The maximum Gasteiger partial charge on any atom is 0.238 e. The van der Waals surface area contributed by atoms with Crippen LogP contribution >= 0.6 is 11.8 Å². The van der Waals surface area contributed by atoms with Crippen LogP contribution in [0.1, 0.15) is 20.3 Å². The number of benzene rings is 1. The molecule has 3 N–H and O–H groups in total. The van der Waals surface area contributed by atoms with Crippen LogP contribution in [0.4, 0.5) is 5.69 Å². The molecule has 1 amide bonds. The second kappa shape index (κ2) is 7.99. The highest BCUT2D eigenvalue weighted by atomic mass is 32.2. The Balaban J connectivity index is 1.94. The lowest BCUT2D eigenvalue weighted by Gasteiger charge is -2.42. The van der Waals surface area contributed by atoms with Gasteiger partial charge in [0.1, 0.15) is 0 Å². The Bertz CT molecular complexity index is 559. The molecule has 1 aliphatic heterocycles. The Labute approximate surface area is 143 Å². The highest BCUT2D eigenvalue weighted by Gasteiger charge is 2.33. The lowest BCUT2D eigenvalue weighted by molar-refractivity contribution is -0.118. The molecule has 1 atom stereocenters. The average Bonchev–Trinajstić information content (AvgIpc) is 2.50. The van der Waals surface area contributed by atoms with E-state index in [0.717, 1.165) is 35.8 Å². The molecule has 1 aliphatic rings. The summed E-state index contributed by atoms with van der Waals surface area (Å²) < 4.78 is 0. The fraction of sp³-hybridized carbons (Fsp3) is 0.500. The quantitative estimate of drug-likeness (QED) is 0.621. The van der Waals surface area contributed by atoms with E-state index < -0.39 is 0 Å². The second-order valence-corrected chi connectivity index (χ2v) is 7.80. The van der Waals surface area contributed by atoms with Gasteiger partial charge in [0.25, 0.3) is 0 Å². The summed E-state index contributed by atoms with van der Waals surface area (Å²) in [5.41, 5.74) is 7.08. The number of thioether (sulfide) groups is 1. The van der Waals surface area contributed by atoms with Gasteiger partial charge in [-0.2, -0.15) is 0 Å². The Morgan fingerprint density at radius 2 is 2.26 bits per heavy atom. The molecule has 1 heterocycles. The van der Waals surface area contributed by atoms with Crippen LogP contribution in [0.15, 0.2) is 41.8 Å². The summed E-state index contributed by atoms with van der Waals surface area (Å²) in [5.74, 6) is 0.855. The molecular formula is C18H27N3OS. The number of carbonyl (C=O) groups is 1. The van der Waals surface area contributed by atoms with E-state index in [9.17, 15) is 4.79 Å². The molecule has 5 heteroatoms. The molecule has 0 spiro atoms. The number of rotatable bonds is 6. The van der Waals surface area contributed by atoms with Crippen molar-refractivity contribution in [1.29, 1.82) is 0 Å². The standard InChI is InChI=1S/C18H27N3OS/c1-4-11-23-15-8-6-5-7-14(15)20-17(22)12-21-10-9-16(19)18(2,3)13-21/h4-8,16H,1,9-13,19H2,2-3H3,(H,20,22). The van der Waals surface area contributed by atoms with E-state index in [1.807, 2.05) is 30.3 Å². The molecule has 0 saturated carbocycles. The molecule has 4 nitrogen and oxygen atoms in total. The van der Waals surface area contributed by atoms with Gasteiger partial charge in [0.2, 0.25) is 5.91 Å². The first-order valence-corrected chi connectivity index (χ1v) is 9.01. The van der Waals surface area contributed by atoms with E-state index in [0.29, 0.717) is 6.54 Å². The van der Waals surface area contributed by atoms with Crippen LogP contribution in [0.5, 0.6) is 0 Å². The number of likely N-dealkylation sites (tertiary alicyclic amines) is 1. The van der Waals surface area contributed by atoms with Gasteiger partial charge < -0.3 is 11.1 Å². The van der Waals surface area contributed by atoms with Crippen LogP contribution in [0.25, 0.3) is 0 Å². The fourth-order valence-corrected chi connectivity index (χ4v) is 3.60. The molecule has 126 valence electrons. The monoisotopic (exact) mass is 333 g/mol. The van der Waals surface area contributed by atoms with Crippen LogP contribution in [0.2, 0.25) is 0 Å². The van der Waals surface area contributed by atoms with Gasteiger partial charge in [-0.25, -0.2) is 0 Å². The maximum atomic E-state index is 12.4. The smallest absolute Gasteiger partial charge is 0.238 e. The molecule has 1 fully saturated rings. The molecule has 1 saturated heterocycles. The number of para-hydroxylation sites is 1. The zero-order valence-corrected chi connectivity index (χ0v) is 14.9. The Hall–Kier alpha value is -1.30. The van der Waals surface area contributed by atoms with Crippen molar-refractivity contribution >= 4 is 23.4 Å². The number of hydrogen-bond acceptors (Lipinski definition) is 4. The molecule has 0 radical (unpaired) electrons. The van der Waals surface area contributed by atoms with Crippen LogP contribution < -0.4 is 11.1 Å². The molecule has 1 aromatic rings. The highest BCUT2D eigenvalue weighted by Crippen LogP contribution is 2.28. The van der Waals surface area contributed by atoms with Gasteiger partial charge in [-0.15, -0.1) is 18.3 Å². The minimum absolute atomic E-state index is 0.0305. The van der Waals surface area contributed by atoms with Crippen LogP contribution in [-0.2, 0) is 4.79 Å². The SMILES string of the molecule is C=CCSc1ccccc1NC(=O)CN1CCC(N)C(C)(C)C1. The van der Waals surface area contributed by atoms with Crippen molar-refractivity contribution in [2.24, 2.45) is 11.1 Å². The summed E-state index contributed by atoms with van der Waals surface area (Å²) in [6.07, 6.45) is 2.80. The van der Waals surface area contributed by atoms with Crippen molar-refractivity contribution in [2.45, 2.75) is 31.2 Å². The van der Waals surface area contributed by atoms with Gasteiger partial charge in [0.05, 0.1) is 12.2 Å². The van der Waals surface area contributed by atoms with Crippen molar-refractivity contribution in [3.63, 3.8) is 0 Å². The van der Waals surface area contributed by atoms with Crippen molar-refractivity contribution in [2.75, 3.05) is 30.7 Å². The summed E-state index contributed by atoms with van der Waals surface area (Å²) in [4.78, 5) is 15.6. The first-order chi connectivity index (χ1) is 10.9. The first-order valence-electron chi connectivity index (χ1n) is 8.03. The van der Waals surface area contributed by atoms with Crippen LogP contribution in [0, 0.1) is 5.41 Å². The largest absolute Gasteiger partial charge is 0.327 e. The van der Waals surface area contributed by atoms with Gasteiger partial charge in [-0.05, 0) is 24.0 Å². The normalized spacial score (nSPS) is 20.9. The Morgan fingerprint density at radius 3 is 2.96 bits per heavy atom. The van der Waals surface area contributed by atoms with Gasteiger partial charge in [0.15, 0.2) is 0 Å². The predicted octanol–water partition coefficient (Wildman–Crippen LogP) is 2.96. The van der Waals surface area contributed by atoms with Crippen LogP contribution in [-0.4, -0.2) is 42.2 Å². The molecular weight excluding hydrogens is 306 g/mol. The zero-order chi connectivity index (χ0) is 16.9. The Kier molecular flexibility index (Phi) is 6.27. The number of piperidine rings is 1. The summed E-state index contributed by atoms with van der Waals surface area (Å²) in [7, 11) is 0. The number of nitrogens with two attached hydrogens (primary N) is 1. The number of carbonyl (C=O) groups excluding carboxylic acids is 1. The molecule has 0 aliphatic carbocycles. The van der Waals surface area contributed by atoms with Gasteiger partial charge >= 0.3 is 0 Å².